The molecule has 4 heteroatoms. The lowest BCUT2D eigenvalue weighted by Crippen LogP contribution is -1.94. The summed E-state index contributed by atoms with van der Waals surface area (Å²) in [7, 11) is 0. The Balaban J connectivity index is 0.000000103. The van der Waals surface area contributed by atoms with Crippen molar-refractivity contribution in [3.8, 4) is 94.7 Å². The molecule has 0 bridgehead atoms. The molecule has 4 heterocycles. The van der Waals surface area contributed by atoms with Crippen molar-refractivity contribution in [1.82, 2.24) is 4.57 Å². The zero-order valence-corrected chi connectivity index (χ0v) is 62.5. The molecule has 0 aliphatic carbocycles. The summed E-state index contributed by atoms with van der Waals surface area (Å²) < 4.78 is 17.3. The van der Waals surface area contributed by atoms with Crippen molar-refractivity contribution in [3.63, 3.8) is 0 Å². The van der Waals surface area contributed by atoms with E-state index in [2.05, 4.69) is 402 Å². The molecule has 0 atom stereocenters. The maximum atomic E-state index is 6.09. The smallest absolute Gasteiger partial charge is 0.136 e. The molecular weight excluding hydrogens is 1350 g/mol. The minimum Gasteiger partial charge on any atom is -0.456 e. The maximum absolute atomic E-state index is 6.09. The molecular formula is C106H77NO2S. The fourth-order valence-electron chi connectivity index (χ4n) is 16.1. The number of thiophene rings is 1. The molecule has 0 unspecified atom stereocenters. The number of furan rings is 2. The van der Waals surface area contributed by atoms with E-state index in [-0.39, 0.29) is 0 Å². The van der Waals surface area contributed by atoms with Gasteiger partial charge < -0.3 is 13.4 Å². The van der Waals surface area contributed by atoms with E-state index in [0.29, 0.717) is 0 Å². The molecule has 110 heavy (non-hydrogen) atoms. The van der Waals surface area contributed by atoms with Gasteiger partial charge in [0, 0.05) is 58.2 Å². The van der Waals surface area contributed by atoms with Gasteiger partial charge in [0.25, 0.3) is 0 Å². The monoisotopic (exact) mass is 1430 g/mol. The van der Waals surface area contributed by atoms with Crippen LogP contribution in [0, 0.1) is 27.7 Å². The van der Waals surface area contributed by atoms with Crippen molar-refractivity contribution in [2.75, 3.05) is 0 Å². The Morgan fingerprint density at radius 1 is 0.209 bits per heavy atom. The average molecular weight is 1430 g/mol. The van der Waals surface area contributed by atoms with Gasteiger partial charge >= 0.3 is 0 Å². The Morgan fingerprint density at radius 2 is 0.582 bits per heavy atom. The first-order valence-corrected chi connectivity index (χ1v) is 38.5. The van der Waals surface area contributed by atoms with Crippen LogP contribution in [0.5, 0.6) is 0 Å². The van der Waals surface area contributed by atoms with Gasteiger partial charge in [-0.15, -0.1) is 11.3 Å². The first-order valence-electron chi connectivity index (χ1n) is 37.7. The lowest BCUT2D eigenvalue weighted by Gasteiger charge is -2.13. The zero-order valence-electron chi connectivity index (χ0n) is 61.7. The van der Waals surface area contributed by atoms with E-state index in [1.54, 1.807) is 0 Å². The van der Waals surface area contributed by atoms with E-state index >= 15 is 0 Å². The molecule has 4 aromatic heterocycles. The van der Waals surface area contributed by atoms with E-state index in [4.69, 9.17) is 8.83 Å². The molecule has 0 aliphatic heterocycles. The summed E-state index contributed by atoms with van der Waals surface area (Å²) in [4.78, 5) is 0. The summed E-state index contributed by atoms with van der Waals surface area (Å²) >= 11 is 1.88. The third-order valence-corrected chi connectivity index (χ3v) is 22.7. The molecule has 21 aromatic rings. The number of aromatic nitrogens is 1. The van der Waals surface area contributed by atoms with Gasteiger partial charge in [0.1, 0.15) is 22.3 Å². The normalized spacial score (nSPS) is 11.3. The van der Waals surface area contributed by atoms with Crippen LogP contribution in [0.3, 0.4) is 0 Å². The van der Waals surface area contributed by atoms with Gasteiger partial charge in [-0.2, -0.15) is 0 Å². The second kappa shape index (κ2) is 30.0. The summed E-state index contributed by atoms with van der Waals surface area (Å²) in [6, 6.07) is 140. The van der Waals surface area contributed by atoms with Crippen molar-refractivity contribution in [1.29, 1.82) is 0 Å². The lowest BCUT2D eigenvalue weighted by atomic mass is 9.91. The van der Waals surface area contributed by atoms with Crippen molar-refractivity contribution in [2.24, 2.45) is 0 Å². The van der Waals surface area contributed by atoms with Crippen molar-refractivity contribution in [2.45, 2.75) is 27.7 Å². The van der Waals surface area contributed by atoms with E-state index < -0.39 is 0 Å². The topological polar surface area (TPSA) is 31.2 Å². The number of aryl methyl sites for hydroxylation is 3. The molecule has 0 radical (unpaired) electrons. The molecule has 0 fully saturated rings. The third-order valence-electron chi connectivity index (χ3n) is 21.5. The van der Waals surface area contributed by atoms with E-state index in [0.717, 1.165) is 27.7 Å². The van der Waals surface area contributed by atoms with Crippen LogP contribution >= 0.6 is 11.3 Å². The van der Waals surface area contributed by atoms with Gasteiger partial charge in [-0.1, -0.05) is 322 Å². The minimum atomic E-state index is 0.934. The molecule has 0 spiro atoms. The second-order valence-corrected chi connectivity index (χ2v) is 29.4. The fourth-order valence-corrected chi connectivity index (χ4v) is 17.3. The van der Waals surface area contributed by atoms with Crippen molar-refractivity contribution in [3.05, 3.63) is 417 Å². The number of nitrogens with zero attached hydrogens (tertiary/aromatic N) is 1. The predicted molar refractivity (Wildman–Crippen MR) is 470 cm³/mol. The SMILES string of the molecule is Cc1c(-c2ccccc2)cccc1-c1ccc2c3ccccc3n(-c3ccccc3)c2c1.Cc1cccc(-c2ccc3c(c2)oc2ccccc23)c1-c1ccccc1.Cc1ccccc1-c1ccccc1-c1ccc2c(c1)oc1ccccc12.Cc1ccccc1-c1ccccc1-c1ccc2c(c1)sc1ccccc12. The van der Waals surface area contributed by atoms with E-state index in [1.165, 1.54) is 175 Å². The quantitative estimate of drug-likeness (QED) is 0.144. The molecule has 17 aromatic carbocycles. The Hall–Kier alpha value is -13.6. The average Bonchev–Trinajstić information content (AvgIpc) is 1.58. The van der Waals surface area contributed by atoms with Crippen LogP contribution < -0.4 is 0 Å². The first kappa shape index (κ1) is 68.2. The van der Waals surface area contributed by atoms with Crippen molar-refractivity contribution >= 4 is 97.2 Å². The number of hydrogen-bond acceptors (Lipinski definition) is 3. The highest BCUT2D eigenvalue weighted by molar-refractivity contribution is 7.25. The van der Waals surface area contributed by atoms with Gasteiger partial charge in [-0.3, -0.25) is 0 Å². The number of fused-ring (bicyclic) bond motifs is 12. The third kappa shape index (κ3) is 13.1. The zero-order chi connectivity index (χ0) is 74.0. The number of benzene rings is 17. The van der Waals surface area contributed by atoms with E-state index in [9.17, 15) is 0 Å². The largest absolute Gasteiger partial charge is 0.456 e. The standard InChI is InChI=1S/C31H23N.2C25H18O.C25H18S/c1-22-26(23-11-4-2-5-12-23)16-10-17-27(22)24-19-20-29-28-15-8-9-18-30(28)32(31(29)21-24)25-13-6-3-7-14-25;1-17-8-2-3-9-19(17)21-11-5-4-10-20(21)18-14-15-23-22-12-6-7-13-24(22)26-25(23)16-18;1-17-8-7-12-20(25(17)18-9-3-2-4-10-18)19-14-15-22-21-11-5-6-13-23(21)26-24(22)16-19;1-17-8-2-3-9-19(17)21-11-5-4-10-20(21)18-14-15-23-22-12-6-7-13-24(22)26-25(23)16-18/h2-21H,1H3;3*2-16H,1H3. The summed E-state index contributed by atoms with van der Waals surface area (Å²) in [5.41, 5.74) is 32.7. The second-order valence-electron chi connectivity index (χ2n) is 28.3. The fraction of sp³-hybridized carbons (Fsp3) is 0.0377. The highest BCUT2D eigenvalue weighted by Crippen LogP contribution is 2.44. The molecule has 3 nitrogen and oxygen atoms in total. The minimum absolute atomic E-state index is 0.934. The van der Waals surface area contributed by atoms with Crippen LogP contribution in [0.1, 0.15) is 22.3 Å². The summed E-state index contributed by atoms with van der Waals surface area (Å²) in [6.07, 6.45) is 0. The lowest BCUT2D eigenvalue weighted by molar-refractivity contribution is 0.668. The Labute approximate surface area is 645 Å². The van der Waals surface area contributed by atoms with Gasteiger partial charge in [0.2, 0.25) is 0 Å². The first-order chi connectivity index (χ1) is 54.2. The Bertz CT molecular complexity index is 6750. The van der Waals surface area contributed by atoms with Crippen LogP contribution in [0.15, 0.2) is 403 Å². The molecule has 0 aliphatic rings. The van der Waals surface area contributed by atoms with Crippen LogP contribution in [-0.2, 0) is 0 Å². The number of para-hydroxylation sites is 4. The van der Waals surface area contributed by atoms with Crippen molar-refractivity contribution < 1.29 is 8.83 Å². The molecule has 0 saturated carbocycles. The number of rotatable bonds is 9. The number of hydrogen-bond donors (Lipinski definition) is 0. The molecule has 0 N–H and O–H groups in total. The van der Waals surface area contributed by atoms with Crippen LogP contribution in [0.4, 0.5) is 0 Å². The highest BCUT2D eigenvalue weighted by atomic mass is 32.1. The van der Waals surface area contributed by atoms with Gasteiger partial charge in [0.15, 0.2) is 0 Å². The summed E-state index contributed by atoms with van der Waals surface area (Å²) in [5, 5.41) is 9.94. The molecule has 0 saturated heterocycles. The Morgan fingerprint density at radius 3 is 1.17 bits per heavy atom. The molecule has 21 rings (SSSR count). The summed E-state index contributed by atoms with van der Waals surface area (Å²) in [5.74, 6) is 0. The van der Waals surface area contributed by atoms with Crippen LogP contribution in [0.2, 0.25) is 0 Å². The van der Waals surface area contributed by atoms with Gasteiger partial charge in [0.05, 0.1) is 11.0 Å². The van der Waals surface area contributed by atoms with Gasteiger partial charge in [-0.25, -0.2) is 0 Å². The van der Waals surface area contributed by atoms with E-state index in [1.807, 2.05) is 35.6 Å². The summed E-state index contributed by atoms with van der Waals surface area (Å²) in [6.45, 7) is 8.75. The molecule has 524 valence electrons. The molecule has 0 amide bonds. The van der Waals surface area contributed by atoms with Crippen LogP contribution in [0.25, 0.3) is 181 Å². The maximum Gasteiger partial charge on any atom is 0.136 e. The Kier molecular flexibility index (Phi) is 18.6. The van der Waals surface area contributed by atoms with Gasteiger partial charge in [-0.05, 0) is 212 Å². The predicted octanol–water partition coefficient (Wildman–Crippen LogP) is 30.6. The van der Waals surface area contributed by atoms with Crippen LogP contribution in [-0.4, -0.2) is 4.57 Å². The highest BCUT2D eigenvalue weighted by Gasteiger charge is 2.19.